The number of amides is 2. The van der Waals surface area contributed by atoms with Gasteiger partial charge in [-0.05, 0) is 43.9 Å². The van der Waals surface area contributed by atoms with E-state index in [9.17, 15) is 19.5 Å². The first kappa shape index (κ1) is 27.1. The monoisotopic (exact) mass is 604 g/mol. The second kappa shape index (κ2) is 10.6. The number of anilines is 1. The Morgan fingerprint density at radius 1 is 1.26 bits per heavy atom. The van der Waals surface area contributed by atoms with Crippen molar-refractivity contribution in [3.05, 3.63) is 64.7 Å². The van der Waals surface area contributed by atoms with Crippen LogP contribution in [0.4, 0.5) is 5.69 Å². The molecule has 5 rings (SSSR count). The number of esters is 1. The third-order valence-corrected chi connectivity index (χ3v) is 9.08. The number of alkyl halides is 1. The largest absolute Gasteiger partial charge is 0.466 e. The predicted molar refractivity (Wildman–Crippen MR) is 145 cm³/mol. The number of hydrogen-bond donors (Lipinski definition) is 2. The average Bonchev–Trinajstić information content (AvgIpc) is 3.49. The van der Waals surface area contributed by atoms with Gasteiger partial charge in [-0.3, -0.25) is 14.4 Å². The van der Waals surface area contributed by atoms with E-state index in [4.69, 9.17) is 21.1 Å². The molecule has 0 saturated carbocycles. The number of halogens is 2. The molecule has 3 aliphatic heterocycles. The van der Waals surface area contributed by atoms with Crippen molar-refractivity contribution < 1.29 is 29.0 Å². The van der Waals surface area contributed by atoms with Crippen LogP contribution in [0.15, 0.2) is 48.5 Å². The Kier molecular flexibility index (Phi) is 7.57. The lowest BCUT2D eigenvalue weighted by Gasteiger charge is -2.37. The number of nitrogens with zero attached hydrogens (tertiary/aromatic N) is 1. The van der Waals surface area contributed by atoms with Gasteiger partial charge in [-0.15, -0.1) is 0 Å². The average molecular weight is 606 g/mol. The summed E-state index contributed by atoms with van der Waals surface area (Å²) in [7, 11) is 0. The van der Waals surface area contributed by atoms with Crippen LogP contribution in [0, 0.1) is 18.8 Å². The Balaban J connectivity index is 1.58. The number of aliphatic hydroxyl groups excluding tert-OH is 1. The van der Waals surface area contributed by atoms with Gasteiger partial charge >= 0.3 is 5.97 Å². The van der Waals surface area contributed by atoms with E-state index in [1.165, 1.54) is 4.90 Å². The number of hydrogen-bond acceptors (Lipinski definition) is 6. The van der Waals surface area contributed by atoms with Crippen molar-refractivity contribution >= 4 is 51.0 Å². The highest BCUT2D eigenvalue weighted by molar-refractivity contribution is 9.09. The molecule has 2 bridgehead atoms. The van der Waals surface area contributed by atoms with Gasteiger partial charge in [0.2, 0.25) is 11.8 Å². The number of carbonyl (C=O) groups excluding carboxylic acids is 3. The maximum absolute atomic E-state index is 14.2. The molecule has 0 aromatic heterocycles. The van der Waals surface area contributed by atoms with E-state index >= 15 is 0 Å². The van der Waals surface area contributed by atoms with Gasteiger partial charge in [0.1, 0.15) is 11.6 Å². The van der Waals surface area contributed by atoms with E-state index in [-0.39, 0.29) is 18.0 Å². The van der Waals surface area contributed by atoms with Crippen LogP contribution in [0.1, 0.15) is 24.5 Å². The number of likely N-dealkylation sites (tertiary alicyclic amines) is 1. The molecular formula is C28H30BrClN2O6. The van der Waals surface area contributed by atoms with Gasteiger partial charge in [0.25, 0.3) is 0 Å². The molecule has 1 unspecified atom stereocenters. The van der Waals surface area contributed by atoms with E-state index in [1.807, 2.05) is 43.3 Å². The van der Waals surface area contributed by atoms with E-state index in [0.717, 1.165) is 11.1 Å². The third-order valence-electron chi connectivity index (χ3n) is 7.92. The highest BCUT2D eigenvalue weighted by Gasteiger charge is 2.77. The van der Waals surface area contributed by atoms with Crippen LogP contribution in [-0.4, -0.2) is 69.6 Å². The highest BCUT2D eigenvalue weighted by atomic mass is 79.9. The third kappa shape index (κ3) is 4.33. The molecule has 2 aromatic carbocycles. The molecule has 2 amide bonds. The van der Waals surface area contributed by atoms with Crippen LogP contribution in [0.2, 0.25) is 5.02 Å². The van der Waals surface area contributed by atoms with Crippen molar-refractivity contribution in [1.29, 1.82) is 0 Å². The summed E-state index contributed by atoms with van der Waals surface area (Å²) in [5.41, 5.74) is 0.843. The van der Waals surface area contributed by atoms with E-state index in [1.54, 1.807) is 19.1 Å². The lowest BCUT2D eigenvalue weighted by atomic mass is 9.70. The highest BCUT2D eigenvalue weighted by Crippen LogP contribution is 2.60. The molecule has 1 spiro atoms. The quantitative estimate of drug-likeness (QED) is 0.353. The standard InChI is InChI=1S/C28H30BrClN2O6/c1-3-37-27(36)20-21-26(35)32(17(14-33)12-16-9-5-4-6-10-16)24(28(21)13-18(29)23(20)38-28)25(34)31-22-15(2)8-7-11-19(22)30/h4-11,17-18,20-21,23-24,33H,3,12-14H2,1-2H3,(H,31,34)/t17-,18?,20-,21+,23-,24-,28+/m1/s1. The first-order valence-electron chi connectivity index (χ1n) is 12.7. The predicted octanol–water partition coefficient (Wildman–Crippen LogP) is 3.50. The zero-order valence-corrected chi connectivity index (χ0v) is 23.4. The molecule has 38 heavy (non-hydrogen) atoms. The normalized spacial score (nSPS) is 30.3. The van der Waals surface area contributed by atoms with Crippen molar-refractivity contribution in [3.63, 3.8) is 0 Å². The number of fused-ring (bicyclic) bond motifs is 1. The Hall–Kier alpha value is -2.46. The number of aryl methyl sites for hydroxylation is 1. The Bertz CT molecular complexity index is 1220. The molecule has 10 heteroatoms. The Labute approximate surface area is 234 Å². The SMILES string of the molecule is CCOC(=O)[C@H]1[C@@H]2O[C@@]3(CC2Br)[C@@H]1C(=O)N([C@@H](CO)Cc1ccccc1)[C@@H]3C(=O)Nc1c(C)cccc1Cl. The lowest BCUT2D eigenvalue weighted by Crippen LogP contribution is -2.57. The van der Waals surface area contributed by atoms with Gasteiger partial charge in [0, 0.05) is 4.83 Å². The molecule has 3 fully saturated rings. The van der Waals surface area contributed by atoms with Gasteiger partial charge in [-0.2, -0.15) is 0 Å². The fraction of sp³-hybridized carbons (Fsp3) is 0.464. The molecule has 8 nitrogen and oxygen atoms in total. The van der Waals surface area contributed by atoms with Gasteiger partial charge in [-0.1, -0.05) is 70.0 Å². The minimum absolute atomic E-state index is 0.162. The maximum Gasteiger partial charge on any atom is 0.312 e. The summed E-state index contributed by atoms with van der Waals surface area (Å²) in [5.74, 6) is -3.16. The molecule has 2 N–H and O–H groups in total. The number of nitrogens with one attached hydrogen (secondary N) is 1. The summed E-state index contributed by atoms with van der Waals surface area (Å²) < 4.78 is 11.8. The number of aliphatic hydroxyl groups is 1. The molecule has 3 aliphatic rings. The van der Waals surface area contributed by atoms with Crippen molar-refractivity contribution in [2.75, 3.05) is 18.5 Å². The van der Waals surface area contributed by atoms with Crippen molar-refractivity contribution in [2.45, 2.75) is 55.3 Å². The molecule has 0 aliphatic carbocycles. The first-order valence-corrected chi connectivity index (χ1v) is 14.0. The maximum atomic E-state index is 14.2. The van der Waals surface area contributed by atoms with Crippen molar-refractivity contribution in [1.82, 2.24) is 4.90 Å². The summed E-state index contributed by atoms with van der Waals surface area (Å²) in [4.78, 5) is 42.6. The molecule has 7 atom stereocenters. The Morgan fingerprint density at radius 2 is 2.00 bits per heavy atom. The summed E-state index contributed by atoms with van der Waals surface area (Å²) in [5, 5.41) is 13.8. The zero-order chi connectivity index (χ0) is 27.2. The fourth-order valence-electron chi connectivity index (χ4n) is 6.39. The summed E-state index contributed by atoms with van der Waals surface area (Å²) in [6.45, 7) is 3.33. The van der Waals surface area contributed by atoms with E-state index in [2.05, 4.69) is 21.2 Å². The number of carbonyl (C=O) groups is 3. The van der Waals surface area contributed by atoms with Gasteiger partial charge in [0.15, 0.2) is 0 Å². The van der Waals surface area contributed by atoms with Crippen LogP contribution in [0.5, 0.6) is 0 Å². The Morgan fingerprint density at radius 3 is 2.66 bits per heavy atom. The topological polar surface area (TPSA) is 105 Å². The van der Waals surface area contributed by atoms with Gasteiger partial charge in [0.05, 0.1) is 47.9 Å². The summed E-state index contributed by atoms with van der Waals surface area (Å²) >= 11 is 10.1. The molecule has 3 heterocycles. The van der Waals surface area contributed by atoms with Crippen LogP contribution >= 0.6 is 27.5 Å². The van der Waals surface area contributed by atoms with E-state index in [0.29, 0.717) is 23.6 Å². The summed E-state index contributed by atoms with van der Waals surface area (Å²) in [6.07, 6.45) is 0.0689. The van der Waals surface area contributed by atoms with Crippen molar-refractivity contribution in [3.8, 4) is 0 Å². The van der Waals surface area contributed by atoms with Gasteiger partial charge < -0.3 is 24.8 Å². The number of rotatable bonds is 8. The minimum Gasteiger partial charge on any atom is -0.466 e. The summed E-state index contributed by atoms with van der Waals surface area (Å²) in [6, 6.07) is 12.9. The molecule has 0 radical (unpaired) electrons. The second-order valence-electron chi connectivity index (χ2n) is 10.1. The molecule has 3 saturated heterocycles. The molecule has 2 aromatic rings. The van der Waals surface area contributed by atoms with Crippen LogP contribution in [-0.2, 0) is 30.3 Å². The number of benzene rings is 2. The molecular weight excluding hydrogens is 576 g/mol. The second-order valence-corrected chi connectivity index (χ2v) is 11.7. The number of ether oxygens (including phenoxy) is 2. The number of para-hydroxylation sites is 1. The smallest absolute Gasteiger partial charge is 0.312 e. The van der Waals surface area contributed by atoms with Crippen molar-refractivity contribution in [2.24, 2.45) is 11.8 Å². The van der Waals surface area contributed by atoms with Crippen LogP contribution < -0.4 is 5.32 Å². The van der Waals surface area contributed by atoms with E-state index < -0.39 is 53.4 Å². The zero-order valence-electron chi connectivity index (χ0n) is 21.1. The van der Waals surface area contributed by atoms with Crippen LogP contribution in [0.25, 0.3) is 0 Å². The van der Waals surface area contributed by atoms with Gasteiger partial charge in [-0.25, -0.2) is 0 Å². The fourth-order valence-corrected chi connectivity index (χ4v) is 7.60. The minimum atomic E-state index is -1.27. The molecule has 202 valence electrons. The van der Waals surface area contributed by atoms with Crippen LogP contribution in [0.3, 0.4) is 0 Å². The first-order chi connectivity index (χ1) is 18.2. The lowest BCUT2D eigenvalue weighted by molar-refractivity contribution is -0.155.